The molecule has 6 rings (SSSR count). The third-order valence-corrected chi connectivity index (χ3v) is 14.4. The number of halogens is 1. The lowest BCUT2D eigenvalue weighted by molar-refractivity contribution is -0.248. The monoisotopic (exact) mass is 693 g/mol. The number of hydrogen-bond donors (Lipinski definition) is 1. The fourth-order valence-electron chi connectivity index (χ4n) is 11.7. The highest BCUT2D eigenvalue weighted by atomic mass is 19.1. The first-order valence-corrected chi connectivity index (χ1v) is 20.3. The highest BCUT2D eigenvalue weighted by Crippen LogP contribution is 2.68. The Hall–Kier alpha value is -0.610. The lowest BCUT2D eigenvalue weighted by Crippen LogP contribution is -2.57. The summed E-state index contributed by atoms with van der Waals surface area (Å²) in [6, 6.07) is 0. The Labute approximate surface area is 296 Å². The summed E-state index contributed by atoms with van der Waals surface area (Å²) >= 11 is 0. The molecular formula is C41H69FO7. The molecule has 0 aromatic rings. The van der Waals surface area contributed by atoms with Crippen LogP contribution in [0.4, 0.5) is 4.39 Å². The average Bonchev–Trinajstić information content (AvgIpc) is 3.43. The van der Waals surface area contributed by atoms with Gasteiger partial charge in [-0.2, -0.15) is 0 Å². The van der Waals surface area contributed by atoms with Crippen molar-refractivity contribution in [3.05, 3.63) is 11.6 Å². The van der Waals surface area contributed by atoms with E-state index in [1.807, 2.05) is 27.7 Å². The van der Waals surface area contributed by atoms with E-state index in [4.69, 9.17) is 28.4 Å². The van der Waals surface area contributed by atoms with Crippen LogP contribution in [-0.4, -0.2) is 74.4 Å². The van der Waals surface area contributed by atoms with Crippen LogP contribution in [0, 0.1) is 40.4 Å². The average molecular weight is 693 g/mol. The molecule has 4 aliphatic carbocycles. The van der Waals surface area contributed by atoms with Crippen LogP contribution in [-0.2, 0) is 28.4 Å². The molecule has 0 bridgehead atoms. The van der Waals surface area contributed by atoms with Crippen LogP contribution in [0.2, 0.25) is 0 Å². The Kier molecular flexibility index (Phi) is 12.6. The number of aliphatic hydroxyl groups excluding tert-OH is 1. The summed E-state index contributed by atoms with van der Waals surface area (Å²) in [5, 5.41) is 10.8. The van der Waals surface area contributed by atoms with Crippen molar-refractivity contribution in [2.24, 2.45) is 40.4 Å². The molecular weight excluding hydrogens is 623 g/mol. The van der Waals surface area contributed by atoms with E-state index in [9.17, 15) is 5.11 Å². The lowest BCUT2D eigenvalue weighted by Gasteiger charge is -2.60. The molecule has 2 heterocycles. The van der Waals surface area contributed by atoms with Gasteiger partial charge in [0.25, 0.3) is 0 Å². The van der Waals surface area contributed by atoms with Gasteiger partial charge >= 0.3 is 0 Å². The van der Waals surface area contributed by atoms with Crippen LogP contribution in [0.25, 0.3) is 0 Å². The van der Waals surface area contributed by atoms with Crippen molar-refractivity contribution < 1.29 is 37.9 Å². The van der Waals surface area contributed by atoms with Crippen molar-refractivity contribution in [3.8, 4) is 0 Å². The summed E-state index contributed by atoms with van der Waals surface area (Å²) in [5.74, 6) is 2.25. The van der Waals surface area contributed by atoms with E-state index in [0.717, 1.165) is 77.4 Å². The molecule has 49 heavy (non-hydrogen) atoms. The van der Waals surface area contributed by atoms with E-state index in [1.54, 1.807) is 0 Å². The normalized spacial score (nSPS) is 41.6. The van der Waals surface area contributed by atoms with Crippen molar-refractivity contribution in [1.29, 1.82) is 0 Å². The largest absolute Gasteiger partial charge is 0.396 e. The molecule has 0 spiro atoms. The third-order valence-electron chi connectivity index (χ3n) is 14.4. The molecule has 282 valence electrons. The molecule has 0 radical (unpaired) electrons. The molecule has 8 heteroatoms. The van der Waals surface area contributed by atoms with Crippen LogP contribution in [0.3, 0.4) is 0 Å². The van der Waals surface area contributed by atoms with Crippen molar-refractivity contribution in [3.63, 3.8) is 0 Å². The maximum Gasteiger partial charge on any atom is 0.157 e. The molecule has 3 unspecified atom stereocenters. The van der Waals surface area contributed by atoms with E-state index in [-0.39, 0.29) is 48.1 Å². The van der Waals surface area contributed by atoms with E-state index < -0.39 is 18.1 Å². The highest BCUT2D eigenvalue weighted by Gasteiger charge is 2.62. The standard InChI is InChI=1S/C41H69FO7/c1-7-44-27(2)49-39(3,4)35(42)19-14-28(26-43)32-17-18-33-31-16-15-29-24-30(47-37-12-8-10-22-45-37)25-36(48-38-13-9-11-23-46-38)41(29,6)34(31)20-21-40(32,33)5/h15,27-28,30-38,43H,7-14,16-26H2,1-6H3/t27?,28-,30+,31-,32+,33-,34-,35+,36-,37?,38?,40+,41-/m0/s1. The van der Waals surface area contributed by atoms with E-state index in [2.05, 4.69) is 19.9 Å². The van der Waals surface area contributed by atoms with Crippen LogP contribution in [0.1, 0.15) is 138 Å². The minimum Gasteiger partial charge on any atom is -0.396 e. The van der Waals surface area contributed by atoms with Crippen LogP contribution < -0.4 is 0 Å². The predicted molar refractivity (Wildman–Crippen MR) is 188 cm³/mol. The van der Waals surface area contributed by atoms with Gasteiger partial charge in [0.1, 0.15) is 6.17 Å². The van der Waals surface area contributed by atoms with Crippen LogP contribution in [0.5, 0.6) is 0 Å². The Morgan fingerprint density at radius 2 is 1.67 bits per heavy atom. The number of rotatable bonds is 14. The Bertz CT molecular complexity index is 1090. The Morgan fingerprint density at radius 1 is 0.959 bits per heavy atom. The van der Waals surface area contributed by atoms with Crippen LogP contribution >= 0.6 is 0 Å². The summed E-state index contributed by atoms with van der Waals surface area (Å²) in [7, 11) is 0. The van der Waals surface area contributed by atoms with Crippen molar-refractivity contribution in [2.75, 3.05) is 26.4 Å². The predicted octanol–water partition coefficient (Wildman–Crippen LogP) is 8.90. The lowest BCUT2D eigenvalue weighted by atomic mass is 9.46. The smallest absolute Gasteiger partial charge is 0.157 e. The van der Waals surface area contributed by atoms with E-state index in [1.165, 1.54) is 24.8 Å². The SMILES string of the molecule is CCOC(C)OC(C)(C)[C@H](F)CC[C@@H](CO)[C@H]1CC[C@H]2[C@@H]3CC=C4C[C@@H](OC5CCCCO5)C[C@H](OC5CCCCO5)[C@]4(C)[C@H]3CC[C@]12C. The molecule has 2 saturated heterocycles. The first-order chi connectivity index (χ1) is 23.5. The minimum absolute atomic E-state index is 0.0432. The molecule has 1 N–H and O–H groups in total. The molecule has 6 aliphatic rings. The summed E-state index contributed by atoms with van der Waals surface area (Å²) in [4.78, 5) is 0. The first kappa shape index (κ1) is 38.1. The van der Waals surface area contributed by atoms with Gasteiger partial charge in [-0.05, 0) is 153 Å². The fraction of sp³-hybridized carbons (Fsp3) is 0.951. The van der Waals surface area contributed by atoms with Gasteiger partial charge in [0, 0.05) is 38.3 Å². The van der Waals surface area contributed by atoms with Gasteiger partial charge in [-0.15, -0.1) is 0 Å². The second-order valence-corrected chi connectivity index (χ2v) is 17.5. The first-order valence-electron chi connectivity index (χ1n) is 20.3. The van der Waals surface area contributed by atoms with E-state index in [0.29, 0.717) is 43.1 Å². The van der Waals surface area contributed by atoms with Gasteiger partial charge in [0.2, 0.25) is 0 Å². The molecule has 2 aliphatic heterocycles. The van der Waals surface area contributed by atoms with E-state index >= 15 is 4.39 Å². The molecule has 0 aromatic heterocycles. The van der Waals surface area contributed by atoms with Crippen molar-refractivity contribution >= 4 is 0 Å². The summed E-state index contributed by atoms with van der Waals surface area (Å²) in [5.41, 5.74) is 0.702. The number of aliphatic hydroxyl groups is 1. The molecule has 3 saturated carbocycles. The zero-order valence-corrected chi connectivity index (χ0v) is 31.6. The highest BCUT2D eigenvalue weighted by molar-refractivity contribution is 5.28. The summed E-state index contributed by atoms with van der Waals surface area (Å²) < 4.78 is 53.1. The number of hydrogen-bond acceptors (Lipinski definition) is 7. The van der Waals surface area contributed by atoms with Gasteiger partial charge in [-0.3, -0.25) is 0 Å². The number of fused-ring (bicyclic) bond motifs is 5. The quantitative estimate of drug-likeness (QED) is 0.144. The zero-order chi connectivity index (χ0) is 34.8. The van der Waals surface area contributed by atoms with Crippen molar-refractivity contribution in [1.82, 2.24) is 0 Å². The van der Waals surface area contributed by atoms with Crippen molar-refractivity contribution in [2.45, 2.75) is 181 Å². The van der Waals surface area contributed by atoms with Gasteiger partial charge in [0.05, 0.1) is 17.8 Å². The molecule has 0 aromatic carbocycles. The fourth-order valence-corrected chi connectivity index (χ4v) is 11.7. The zero-order valence-electron chi connectivity index (χ0n) is 31.6. The van der Waals surface area contributed by atoms with Gasteiger partial charge in [0.15, 0.2) is 18.9 Å². The second kappa shape index (κ2) is 16.2. The second-order valence-electron chi connectivity index (χ2n) is 17.5. The maximum atomic E-state index is 15.7. The summed E-state index contributed by atoms with van der Waals surface area (Å²) in [6.45, 7) is 14.7. The molecule has 7 nitrogen and oxygen atoms in total. The van der Waals surface area contributed by atoms with Gasteiger partial charge in [-0.1, -0.05) is 25.5 Å². The molecule has 5 fully saturated rings. The maximum absolute atomic E-state index is 15.7. The van der Waals surface area contributed by atoms with Gasteiger partial charge in [-0.25, -0.2) is 4.39 Å². The molecule has 0 amide bonds. The summed E-state index contributed by atoms with van der Waals surface area (Å²) in [6.07, 6.45) is 16.2. The minimum atomic E-state index is -1.12. The Morgan fingerprint density at radius 3 is 2.33 bits per heavy atom. The van der Waals surface area contributed by atoms with Gasteiger partial charge < -0.3 is 33.5 Å². The van der Waals surface area contributed by atoms with Crippen LogP contribution in [0.15, 0.2) is 11.6 Å². The molecule has 13 atom stereocenters. The number of allylic oxidation sites excluding steroid dienone is 1. The Balaban J connectivity index is 1.16. The number of ether oxygens (including phenoxy) is 6. The number of alkyl halides is 1. The topological polar surface area (TPSA) is 75.6 Å². The third kappa shape index (κ3) is 8.01.